The van der Waals surface area contributed by atoms with Gasteiger partial charge in [-0.25, -0.2) is 9.78 Å². The SMILES string of the molecule is COc1ccccc1NC(=O)Nc1c(O)nc(C)c2sccc12. The van der Waals surface area contributed by atoms with Crippen molar-refractivity contribution in [3.8, 4) is 11.6 Å². The number of aryl methyl sites for hydroxylation is 1. The zero-order chi connectivity index (χ0) is 16.4. The van der Waals surface area contributed by atoms with Crippen molar-refractivity contribution in [2.45, 2.75) is 6.92 Å². The maximum atomic E-state index is 12.2. The number of carbonyl (C=O) groups is 1. The van der Waals surface area contributed by atoms with E-state index in [1.165, 1.54) is 18.4 Å². The molecule has 0 aliphatic carbocycles. The molecular weight excluding hydrogens is 314 g/mol. The summed E-state index contributed by atoms with van der Waals surface area (Å²) >= 11 is 1.51. The molecule has 3 N–H and O–H groups in total. The third kappa shape index (κ3) is 2.91. The first-order valence-corrected chi connectivity index (χ1v) is 7.76. The summed E-state index contributed by atoms with van der Waals surface area (Å²) in [7, 11) is 1.53. The molecule has 0 atom stereocenters. The van der Waals surface area contributed by atoms with Crippen molar-refractivity contribution in [1.29, 1.82) is 0 Å². The lowest BCUT2D eigenvalue weighted by atomic mass is 10.2. The topological polar surface area (TPSA) is 83.5 Å². The van der Waals surface area contributed by atoms with Crippen molar-refractivity contribution < 1.29 is 14.6 Å². The molecule has 0 aliphatic rings. The van der Waals surface area contributed by atoms with Gasteiger partial charge in [-0.15, -0.1) is 11.3 Å². The van der Waals surface area contributed by atoms with Crippen LogP contribution in [0.4, 0.5) is 16.2 Å². The molecule has 0 bridgehead atoms. The number of nitrogens with one attached hydrogen (secondary N) is 2. The summed E-state index contributed by atoms with van der Waals surface area (Å²) in [6.45, 7) is 1.82. The Hall–Kier alpha value is -2.80. The summed E-state index contributed by atoms with van der Waals surface area (Å²) in [5.74, 6) is 0.346. The number of benzene rings is 1. The number of nitrogens with zero attached hydrogens (tertiary/aromatic N) is 1. The molecule has 2 amide bonds. The smallest absolute Gasteiger partial charge is 0.323 e. The van der Waals surface area contributed by atoms with Crippen molar-refractivity contribution in [1.82, 2.24) is 4.98 Å². The second-order valence-electron chi connectivity index (χ2n) is 4.84. The lowest BCUT2D eigenvalue weighted by Gasteiger charge is -2.12. The van der Waals surface area contributed by atoms with E-state index < -0.39 is 6.03 Å². The summed E-state index contributed by atoms with van der Waals surface area (Å²) < 4.78 is 6.12. The molecule has 2 heterocycles. The molecule has 0 spiro atoms. The Morgan fingerprint density at radius 1 is 1.26 bits per heavy atom. The third-order valence-electron chi connectivity index (χ3n) is 3.35. The van der Waals surface area contributed by atoms with Gasteiger partial charge in [-0.05, 0) is 30.5 Å². The van der Waals surface area contributed by atoms with Crippen LogP contribution < -0.4 is 15.4 Å². The molecule has 6 nitrogen and oxygen atoms in total. The molecule has 0 saturated carbocycles. The van der Waals surface area contributed by atoms with E-state index in [1.54, 1.807) is 18.2 Å². The quantitative estimate of drug-likeness (QED) is 0.679. The predicted octanol–water partition coefficient (Wildman–Crippen LogP) is 3.96. The zero-order valence-corrected chi connectivity index (χ0v) is 13.4. The molecule has 0 aliphatic heterocycles. The number of amides is 2. The van der Waals surface area contributed by atoms with Gasteiger partial charge in [-0.2, -0.15) is 0 Å². The van der Waals surface area contributed by atoms with E-state index in [0.29, 0.717) is 17.1 Å². The number of ether oxygens (including phenoxy) is 1. The van der Waals surface area contributed by atoms with Crippen LogP contribution in [0.1, 0.15) is 5.69 Å². The number of para-hydroxylation sites is 2. The van der Waals surface area contributed by atoms with Gasteiger partial charge in [0.15, 0.2) is 0 Å². The molecule has 1 aromatic carbocycles. The lowest BCUT2D eigenvalue weighted by molar-refractivity contribution is 0.262. The highest BCUT2D eigenvalue weighted by Gasteiger charge is 2.15. The van der Waals surface area contributed by atoms with Crippen molar-refractivity contribution >= 4 is 38.8 Å². The number of hydrogen-bond donors (Lipinski definition) is 3. The van der Waals surface area contributed by atoms with E-state index in [-0.39, 0.29) is 5.88 Å². The van der Waals surface area contributed by atoms with Crippen LogP contribution in [0.5, 0.6) is 11.6 Å². The Kier molecular flexibility index (Phi) is 4.03. The molecule has 7 heteroatoms. The van der Waals surface area contributed by atoms with Gasteiger partial charge in [0, 0.05) is 5.39 Å². The average molecular weight is 329 g/mol. The van der Waals surface area contributed by atoms with Gasteiger partial charge >= 0.3 is 6.03 Å². The minimum Gasteiger partial charge on any atom is -0.495 e. The van der Waals surface area contributed by atoms with Crippen molar-refractivity contribution in [3.05, 3.63) is 41.4 Å². The highest BCUT2D eigenvalue weighted by molar-refractivity contribution is 7.17. The Labute approximate surface area is 136 Å². The van der Waals surface area contributed by atoms with E-state index in [9.17, 15) is 9.90 Å². The number of methoxy groups -OCH3 is 1. The second-order valence-corrected chi connectivity index (χ2v) is 5.75. The highest BCUT2D eigenvalue weighted by atomic mass is 32.1. The second kappa shape index (κ2) is 6.13. The van der Waals surface area contributed by atoms with Crippen LogP contribution in [-0.4, -0.2) is 23.2 Å². The normalized spacial score (nSPS) is 10.5. The van der Waals surface area contributed by atoms with Crippen molar-refractivity contribution in [2.24, 2.45) is 0 Å². The monoisotopic (exact) mass is 329 g/mol. The zero-order valence-electron chi connectivity index (χ0n) is 12.6. The first-order valence-electron chi connectivity index (χ1n) is 6.88. The maximum absolute atomic E-state index is 12.2. The minimum absolute atomic E-state index is 0.205. The molecule has 118 valence electrons. The van der Waals surface area contributed by atoms with Crippen LogP contribution in [-0.2, 0) is 0 Å². The van der Waals surface area contributed by atoms with Crippen LogP contribution in [0.15, 0.2) is 35.7 Å². The van der Waals surface area contributed by atoms with Crippen LogP contribution >= 0.6 is 11.3 Å². The van der Waals surface area contributed by atoms with Crippen molar-refractivity contribution in [3.63, 3.8) is 0 Å². The van der Waals surface area contributed by atoms with Gasteiger partial charge < -0.3 is 20.5 Å². The fourth-order valence-electron chi connectivity index (χ4n) is 2.31. The van der Waals surface area contributed by atoms with Crippen LogP contribution in [0.2, 0.25) is 0 Å². The highest BCUT2D eigenvalue weighted by Crippen LogP contribution is 2.35. The van der Waals surface area contributed by atoms with E-state index in [0.717, 1.165) is 15.8 Å². The van der Waals surface area contributed by atoms with Crippen LogP contribution in [0, 0.1) is 6.92 Å². The van der Waals surface area contributed by atoms with E-state index in [2.05, 4.69) is 15.6 Å². The molecule has 3 aromatic rings. The van der Waals surface area contributed by atoms with E-state index in [4.69, 9.17) is 4.74 Å². The van der Waals surface area contributed by atoms with Gasteiger partial charge in [-0.1, -0.05) is 12.1 Å². The Morgan fingerprint density at radius 2 is 2.04 bits per heavy atom. The Bertz CT molecular complexity index is 876. The van der Waals surface area contributed by atoms with Crippen LogP contribution in [0.25, 0.3) is 10.1 Å². The molecule has 0 radical (unpaired) electrons. The number of carbonyl (C=O) groups excluding carboxylic acids is 1. The fraction of sp³-hybridized carbons (Fsp3) is 0.125. The molecule has 23 heavy (non-hydrogen) atoms. The third-order valence-corrected chi connectivity index (χ3v) is 4.38. The van der Waals surface area contributed by atoms with Crippen molar-refractivity contribution in [2.75, 3.05) is 17.7 Å². The molecule has 3 rings (SSSR count). The number of urea groups is 1. The summed E-state index contributed by atoms with van der Waals surface area (Å²) in [6.07, 6.45) is 0. The molecule has 0 saturated heterocycles. The number of hydrogen-bond acceptors (Lipinski definition) is 5. The Balaban J connectivity index is 1.88. The van der Waals surface area contributed by atoms with Gasteiger partial charge in [-0.3, -0.25) is 0 Å². The van der Waals surface area contributed by atoms with Gasteiger partial charge in [0.25, 0.3) is 0 Å². The number of anilines is 2. The molecular formula is C16H15N3O3S. The van der Waals surface area contributed by atoms with E-state index >= 15 is 0 Å². The first-order chi connectivity index (χ1) is 11.1. The van der Waals surface area contributed by atoms with Gasteiger partial charge in [0.05, 0.1) is 23.2 Å². The molecule has 0 fully saturated rings. The average Bonchev–Trinajstić information content (AvgIpc) is 3.02. The Morgan fingerprint density at radius 3 is 2.83 bits per heavy atom. The lowest BCUT2D eigenvalue weighted by Crippen LogP contribution is -2.20. The number of pyridine rings is 1. The first kappa shape index (κ1) is 15.1. The molecule has 0 unspecified atom stereocenters. The number of fused-ring (bicyclic) bond motifs is 1. The number of aromatic hydroxyl groups is 1. The summed E-state index contributed by atoms with van der Waals surface area (Å²) in [4.78, 5) is 16.3. The maximum Gasteiger partial charge on any atom is 0.323 e. The fourth-order valence-corrected chi connectivity index (χ4v) is 3.16. The van der Waals surface area contributed by atoms with E-state index in [1.807, 2.05) is 24.4 Å². The predicted molar refractivity (Wildman–Crippen MR) is 91.7 cm³/mol. The standard InChI is InChI=1S/C16H15N3O3S/c1-9-14-10(7-8-23-14)13(15(20)17-9)19-16(21)18-11-5-3-4-6-12(11)22-2/h3-8H,1-2H3,(H,17,20)(H2,18,19,21). The number of aromatic nitrogens is 1. The largest absolute Gasteiger partial charge is 0.495 e. The van der Waals surface area contributed by atoms with Gasteiger partial charge in [0.1, 0.15) is 11.4 Å². The summed E-state index contributed by atoms with van der Waals surface area (Å²) in [5, 5.41) is 18.1. The number of thiophene rings is 1. The minimum atomic E-state index is -0.483. The molecule has 2 aromatic heterocycles. The van der Waals surface area contributed by atoms with Crippen LogP contribution in [0.3, 0.4) is 0 Å². The number of rotatable bonds is 3. The van der Waals surface area contributed by atoms with Gasteiger partial charge in [0.2, 0.25) is 5.88 Å². The summed E-state index contributed by atoms with van der Waals surface area (Å²) in [5.41, 5.74) is 1.55. The summed E-state index contributed by atoms with van der Waals surface area (Å²) in [6, 6.07) is 8.44.